The molecule has 3 rings (SSSR count). The Labute approximate surface area is 136 Å². The van der Waals surface area contributed by atoms with E-state index in [1.807, 2.05) is 48.2 Å². The van der Waals surface area contributed by atoms with E-state index in [0.29, 0.717) is 12.4 Å². The lowest BCUT2D eigenvalue weighted by molar-refractivity contribution is -0.127. The van der Waals surface area contributed by atoms with Crippen LogP contribution in [0.25, 0.3) is 6.08 Å². The normalized spacial score (nSPS) is 18.5. The van der Waals surface area contributed by atoms with Gasteiger partial charge < -0.3 is 9.42 Å². The van der Waals surface area contributed by atoms with Gasteiger partial charge in [-0.15, -0.1) is 0 Å². The average molecular weight is 311 g/mol. The Morgan fingerprint density at radius 3 is 2.96 bits per heavy atom. The fourth-order valence-corrected chi connectivity index (χ4v) is 2.80. The fourth-order valence-electron chi connectivity index (χ4n) is 2.80. The van der Waals surface area contributed by atoms with Crippen molar-refractivity contribution in [1.82, 2.24) is 15.0 Å². The summed E-state index contributed by atoms with van der Waals surface area (Å²) >= 11 is 0. The third-order valence-corrected chi connectivity index (χ3v) is 4.10. The van der Waals surface area contributed by atoms with Gasteiger partial charge in [0.05, 0.1) is 0 Å². The maximum absolute atomic E-state index is 12.4. The number of aromatic nitrogens is 2. The summed E-state index contributed by atoms with van der Waals surface area (Å²) in [5, 5.41) is 4.06. The lowest BCUT2D eigenvalue weighted by atomic mass is 9.97. The summed E-state index contributed by atoms with van der Waals surface area (Å²) in [6.07, 6.45) is 6.20. The Bertz CT molecular complexity index is 679. The zero-order valence-electron chi connectivity index (χ0n) is 13.3. The van der Waals surface area contributed by atoms with Gasteiger partial charge in [0.1, 0.15) is 0 Å². The van der Waals surface area contributed by atoms with Crippen LogP contribution < -0.4 is 0 Å². The van der Waals surface area contributed by atoms with Gasteiger partial charge in [0.15, 0.2) is 5.82 Å². The van der Waals surface area contributed by atoms with Crippen molar-refractivity contribution in [3.05, 3.63) is 53.7 Å². The quantitative estimate of drug-likeness (QED) is 0.814. The fraction of sp³-hybridized carbons (Fsp3) is 0.389. The van der Waals surface area contributed by atoms with Crippen LogP contribution >= 0.6 is 0 Å². The molecule has 0 unspecified atom stereocenters. The van der Waals surface area contributed by atoms with Gasteiger partial charge in [-0.3, -0.25) is 4.79 Å². The number of nitrogens with zero attached hydrogens (tertiary/aromatic N) is 3. The van der Waals surface area contributed by atoms with Gasteiger partial charge in [0.2, 0.25) is 11.8 Å². The summed E-state index contributed by atoms with van der Waals surface area (Å²) in [5.74, 6) is 1.60. The molecule has 1 saturated heterocycles. The topological polar surface area (TPSA) is 59.2 Å². The summed E-state index contributed by atoms with van der Waals surface area (Å²) in [4.78, 5) is 18.7. The van der Waals surface area contributed by atoms with Crippen LogP contribution in [0.2, 0.25) is 0 Å². The second-order valence-corrected chi connectivity index (χ2v) is 5.77. The van der Waals surface area contributed by atoms with Gasteiger partial charge in [-0.25, -0.2) is 0 Å². The number of piperidine rings is 1. The van der Waals surface area contributed by atoms with Crippen molar-refractivity contribution in [3.8, 4) is 0 Å². The maximum atomic E-state index is 12.4. The molecule has 2 heterocycles. The molecule has 0 saturated carbocycles. The third-order valence-electron chi connectivity index (χ3n) is 4.10. The molecule has 0 spiro atoms. The van der Waals surface area contributed by atoms with E-state index in [1.165, 1.54) is 0 Å². The first-order valence-electron chi connectivity index (χ1n) is 8.10. The average Bonchev–Trinajstić information content (AvgIpc) is 3.10. The number of rotatable bonds is 4. The molecule has 1 aliphatic heterocycles. The SMILES string of the molecule is CCc1nc([C@@H]2CCCN(C(=O)/C=C\c3ccccc3)C2)no1. The maximum Gasteiger partial charge on any atom is 0.246 e. The molecule has 1 aliphatic rings. The molecule has 5 nitrogen and oxygen atoms in total. The Morgan fingerprint density at radius 1 is 1.39 bits per heavy atom. The van der Waals surface area contributed by atoms with Crippen molar-refractivity contribution in [1.29, 1.82) is 0 Å². The second kappa shape index (κ2) is 7.22. The lowest BCUT2D eigenvalue weighted by Gasteiger charge is -2.30. The molecular weight excluding hydrogens is 290 g/mol. The first-order chi connectivity index (χ1) is 11.3. The van der Waals surface area contributed by atoms with Gasteiger partial charge in [-0.2, -0.15) is 4.98 Å². The Hall–Kier alpha value is -2.43. The summed E-state index contributed by atoms with van der Waals surface area (Å²) < 4.78 is 5.19. The molecule has 1 aromatic carbocycles. The number of benzene rings is 1. The van der Waals surface area contributed by atoms with Crippen LogP contribution in [0, 0.1) is 0 Å². The monoisotopic (exact) mass is 311 g/mol. The van der Waals surface area contributed by atoms with Crippen LogP contribution in [-0.2, 0) is 11.2 Å². The van der Waals surface area contributed by atoms with E-state index in [0.717, 1.165) is 37.2 Å². The molecule has 0 N–H and O–H groups in total. The highest BCUT2D eigenvalue weighted by Gasteiger charge is 2.26. The number of hydrogen-bond acceptors (Lipinski definition) is 4. The molecule has 2 aromatic rings. The van der Waals surface area contributed by atoms with Crippen molar-refractivity contribution >= 4 is 12.0 Å². The minimum atomic E-state index is 0.0396. The summed E-state index contributed by atoms with van der Waals surface area (Å²) in [6.45, 7) is 3.43. The molecule has 1 aromatic heterocycles. The van der Waals surface area contributed by atoms with E-state index in [1.54, 1.807) is 6.08 Å². The van der Waals surface area contributed by atoms with Crippen LogP contribution in [0.1, 0.15) is 43.0 Å². The Morgan fingerprint density at radius 2 is 2.22 bits per heavy atom. The minimum Gasteiger partial charge on any atom is -0.339 e. The first kappa shape index (κ1) is 15.5. The number of hydrogen-bond donors (Lipinski definition) is 0. The van der Waals surface area contributed by atoms with E-state index in [2.05, 4.69) is 10.1 Å². The number of carbonyl (C=O) groups is 1. The molecule has 5 heteroatoms. The third kappa shape index (κ3) is 3.86. The van der Waals surface area contributed by atoms with Gasteiger partial charge in [0.25, 0.3) is 0 Å². The van der Waals surface area contributed by atoms with Crippen LogP contribution in [0.3, 0.4) is 0 Å². The van der Waals surface area contributed by atoms with Crippen LogP contribution in [0.5, 0.6) is 0 Å². The van der Waals surface area contributed by atoms with Gasteiger partial charge in [0, 0.05) is 31.5 Å². The van der Waals surface area contributed by atoms with Gasteiger partial charge in [-0.05, 0) is 24.5 Å². The van der Waals surface area contributed by atoms with Crippen LogP contribution in [0.4, 0.5) is 0 Å². The molecule has 0 aliphatic carbocycles. The molecule has 23 heavy (non-hydrogen) atoms. The summed E-state index contributed by atoms with van der Waals surface area (Å²) in [6, 6.07) is 9.85. The molecule has 1 amide bonds. The van der Waals surface area contributed by atoms with E-state index < -0.39 is 0 Å². The van der Waals surface area contributed by atoms with Crippen molar-refractivity contribution in [2.45, 2.75) is 32.1 Å². The predicted molar refractivity (Wildman–Crippen MR) is 87.7 cm³/mol. The largest absolute Gasteiger partial charge is 0.339 e. The van der Waals surface area contributed by atoms with E-state index in [-0.39, 0.29) is 11.8 Å². The molecule has 0 bridgehead atoms. The van der Waals surface area contributed by atoms with Crippen molar-refractivity contribution in [2.75, 3.05) is 13.1 Å². The standard InChI is InChI=1S/C18H21N3O2/c1-2-16-19-18(20-23-16)15-9-6-12-21(13-15)17(22)11-10-14-7-4-3-5-8-14/h3-5,7-8,10-11,15H,2,6,9,12-13H2,1H3/b11-10-/t15-/m1/s1. The first-order valence-corrected chi connectivity index (χ1v) is 8.10. The van der Waals surface area contributed by atoms with Crippen molar-refractivity contribution < 1.29 is 9.32 Å². The van der Waals surface area contributed by atoms with Crippen LogP contribution in [-0.4, -0.2) is 34.0 Å². The van der Waals surface area contributed by atoms with Crippen molar-refractivity contribution in [3.63, 3.8) is 0 Å². The smallest absolute Gasteiger partial charge is 0.246 e. The highest BCUT2D eigenvalue weighted by Crippen LogP contribution is 2.25. The number of aryl methyl sites for hydroxylation is 1. The molecule has 1 fully saturated rings. The highest BCUT2D eigenvalue weighted by atomic mass is 16.5. The number of likely N-dealkylation sites (tertiary alicyclic amines) is 1. The highest BCUT2D eigenvalue weighted by molar-refractivity contribution is 5.91. The van der Waals surface area contributed by atoms with Gasteiger partial charge in [-0.1, -0.05) is 42.4 Å². The Kier molecular flexibility index (Phi) is 4.86. The van der Waals surface area contributed by atoms with Crippen LogP contribution in [0.15, 0.2) is 40.9 Å². The van der Waals surface area contributed by atoms with E-state index >= 15 is 0 Å². The lowest BCUT2D eigenvalue weighted by Crippen LogP contribution is -2.38. The van der Waals surface area contributed by atoms with E-state index in [4.69, 9.17) is 4.52 Å². The predicted octanol–water partition coefficient (Wildman–Crippen LogP) is 3.05. The second-order valence-electron chi connectivity index (χ2n) is 5.77. The summed E-state index contributed by atoms with van der Waals surface area (Å²) in [5.41, 5.74) is 1.03. The molecule has 120 valence electrons. The number of carbonyl (C=O) groups excluding carboxylic acids is 1. The Balaban J connectivity index is 1.63. The number of amides is 1. The van der Waals surface area contributed by atoms with E-state index in [9.17, 15) is 4.79 Å². The molecule has 1 atom stereocenters. The van der Waals surface area contributed by atoms with Gasteiger partial charge >= 0.3 is 0 Å². The molecular formula is C18H21N3O2. The van der Waals surface area contributed by atoms with Crippen molar-refractivity contribution in [2.24, 2.45) is 0 Å². The minimum absolute atomic E-state index is 0.0396. The summed E-state index contributed by atoms with van der Waals surface area (Å²) in [7, 11) is 0. The zero-order valence-corrected chi connectivity index (χ0v) is 13.3. The molecule has 0 radical (unpaired) electrons. The zero-order chi connectivity index (χ0) is 16.1.